The summed E-state index contributed by atoms with van der Waals surface area (Å²) in [5, 5.41) is 16.9. The fourth-order valence-electron chi connectivity index (χ4n) is 2.90. The molecule has 0 amide bonds. The fraction of sp³-hybridized carbons (Fsp3) is 0.118. The molecule has 26 heavy (non-hydrogen) atoms. The Kier molecular flexibility index (Phi) is 3.02. The Morgan fingerprint density at radius 3 is 2.77 bits per heavy atom. The topological polar surface area (TPSA) is 98.8 Å². The molecule has 128 valence electrons. The van der Waals surface area contributed by atoms with Gasteiger partial charge < -0.3 is 4.74 Å². The molecular weight excluding hydrogens is 332 g/mol. The maximum absolute atomic E-state index is 5.19. The van der Waals surface area contributed by atoms with Crippen LogP contribution in [0.5, 0.6) is 5.75 Å². The zero-order chi connectivity index (χ0) is 17.7. The molecule has 4 aromatic heterocycles. The van der Waals surface area contributed by atoms with Crippen LogP contribution >= 0.6 is 0 Å². The molecule has 4 heterocycles. The largest absolute Gasteiger partial charge is 0.497 e. The van der Waals surface area contributed by atoms with Gasteiger partial charge in [-0.25, -0.2) is 14.5 Å². The first kappa shape index (κ1) is 14.6. The van der Waals surface area contributed by atoms with Crippen LogP contribution in [0.2, 0.25) is 0 Å². The Labute approximate surface area is 147 Å². The summed E-state index contributed by atoms with van der Waals surface area (Å²) in [5.41, 5.74) is 4.00. The summed E-state index contributed by atoms with van der Waals surface area (Å²) in [7, 11) is 3.49. The molecule has 0 radical (unpaired) electrons. The number of fused-ring (bicyclic) bond motifs is 3. The summed E-state index contributed by atoms with van der Waals surface area (Å²) in [6, 6.07) is 9.64. The zero-order valence-electron chi connectivity index (χ0n) is 14.1. The maximum atomic E-state index is 5.19. The lowest BCUT2D eigenvalue weighted by atomic mass is 10.1. The number of methoxy groups -OCH3 is 1. The van der Waals surface area contributed by atoms with E-state index in [-0.39, 0.29) is 0 Å². The number of aromatic amines is 1. The summed E-state index contributed by atoms with van der Waals surface area (Å²) in [4.78, 5) is 8.99. The van der Waals surface area contributed by atoms with Crippen LogP contribution in [0.1, 0.15) is 0 Å². The van der Waals surface area contributed by atoms with Gasteiger partial charge in [-0.3, -0.25) is 9.78 Å². The Morgan fingerprint density at radius 1 is 1.12 bits per heavy atom. The van der Waals surface area contributed by atoms with Crippen LogP contribution in [0.25, 0.3) is 39.5 Å². The monoisotopic (exact) mass is 346 g/mol. The molecule has 0 aliphatic heterocycles. The van der Waals surface area contributed by atoms with Gasteiger partial charge in [0, 0.05) is 12.6 Å². The van der Waals surface area contributed by atoms with Crippen molar-refractivity contribution in [2.75, 3.05) is 7.11 Å². The second-order valence-electron chi connectivity index (χ2n) is 5.85. The number of ether oxygens (including phenoxy) is 1. The van der Waals surface area contributed by atoms with E-state index in [1.54, 1.807) is 28.8 Å². The second kappa shape index (κ2) is 5.38. The van der Waals surface area contributed by atoms with Crippen molar-refractivity contribution >= 4 is 16.7 Å². The summed E-state index contributed by atoms with van der Waals surface area (Å²) < 4.78 is 8.54. The van der Waals surface area contributed by atoms with Gasteiger partial charge >= 0.3 is 0 Å². The summed E-state index contributed by atoms with van der Waals surface area (Å²) in [6.07, 6.45) is 3.38. The SMILES string of the molecule is COc1ccc(-c2cc(-c3nc4c5cnn(C)c5ncn4n3)[nH]n2)cc1. The van der Waals surface area contributed by atoms with Crippen LogP contribution in [0.15, 0.2) is 42.9 Å². The van der Waals surface area contributed by atoms with Gasteiger partial charge in [0.25, 0.3) is 0 Å². The summed E-state index contributed by atoms with van der Waals surface area (Å²) >= 11 is 0. The molecule has 1 aromatic carbocycles. The van der Waals surface area contributed by atoms with Gasteiger partial charge in [0.2, 0.25) is 0 Å². The van der Waals surface area contributed by atoms with E-state index < -0.39 is 0 Å². The van der Waals surface area contributed by atoms with Gasteiger partial charge in [-0.1, -0.05) is 0 Å². The molecule has 9 nitrogen and oxygen atoms in total. The van der Waals surface area contributed by atoms with Crippen LogP contribution in [-0.4, -0.2) is 46.7 Å². The maximum Gasteiger partial charge on any atom is 0.200 e. The van der Waals surface area contributed by atoms with Crippen LogP contribution < -0.4 is 4.74 Å². The molecule has 0 atom stereocenters. The number of nitrogens with one attached hydrogen (secondary N) is 1. The Bertz CT molecular complexity index is 1230. The number of aryl methyl sites for hydroxylation is 1. The van der Waals surface area contributed by atoms with Crippen molar-refractivity contribution in [3.8, 4) is 28.5 Å². The van der Waals surface area contributed by atoms with E-state index >= 15 is 0 Å². The Morgan fingerprint density at radius 2 is 1.96 bits per heavy atom. The third kappa shape index (κ3) is 2.14. The number of rotatable bonds is 3. The van der Waals surface area contributed by atoms with Crippen LogP contribution in [0.3, 0.4) is 0 Å². The van der Waals surface area contributed by atoms with Crippen molar-refractivity contribution in [3.63, 3.8) is 0 Å². The third-order valence-electron chi connectivity index (χ3n) is 4.27. The first-order valence-electron chi connectivity index (χ1n) is 7.96. The van der Waals surface area contributed by atoms with Crippen molar-refractivity contribution in [3.05, 3.63) is 42.9 Å². The standard InChI is InChI=1S/C17H14N8O/c1-24-16-12(8-19-24)17-20-15(23-25(17)9-18-16)14-7-13(21-22-14)10-3-5-11(26-2)6-4-10/h3-9H,1-2H3,(H,21,22). The van der Waals surface area contributed by atoms with Gasteiger partial charge in [0.1, 0.15) is 17.8 Å². The average molecular weight is 346 g/mol. The highest BCUT2D eigenvalue weighted by Gasteiger charge is 2.14. The van der Waals surface area contributed by atoms with E-state index in [9.17, 15) is 0 Å². The van der Waals surface area contributed by atoms with Gasteiger partial charge in [0.05, 0.1) is 24.4 Å². The first-order chi connectivity index (χ1) is 12.7. The van der Waals surface area contributed by atoms with Crippen molar-refractivity contribution in [1.29, 1.82) is 0 Å². The van der Waals surface area contributed by atoms with Gasteiger partial charge in [0.15, 0.2) is 17.1 Å². The molecule has 0 unspecified atom stereocenters. The Balaban J connectivity index is 1.57. The fourth-order valence-corrected chi connectivity index (χ4v) is 2.90. The third-order valence-corrected chi connectivity index (χ3v) is 4.27. The normalized spacial score (nSPS) is 11.5. The van der Waals surface area contributed by atoms with Gasteiger partial charge in [-0.2, -0.15) is 10.2 Å². The molecule has 0 aliphatic rings. The highest BCUT2D eigenvalue weighted by Crippen LogP contribution is 2.25. The highest BCUT2D eigenvalue weighted by atomic mass is 16.5. The smallest absolute Gasteiger partial charge is 0.200 e. The van der Waals surface area contributed by atoms with Gasteiger partial charge in [-0.15, -0.1) is 5.10 Å². The highest BCUT2D eigenvalue weighted by molar-refractivity contribution is 5.88. The van der Waals surface area contributed by atoms with E-state index in [4.69, 9.17) is 4.74 Å². The minimum Gasteiger partial charge on any atom is -0.497 e. The summed E-state index contributed by atoms with van der Waals surface area (Å²) in [5.74, 6) is 1.36. The lowest BCUT2D eigenvalue weighted by molar-refractivity contribution is 0.415. The van der Waals surface area contributed by atoms with Crippen LogP contribution in [0.4, 0.5) is 0 Å². The number of hydrogen-bond donors (Lipinski definition) is 1. The van der Waals surface area contributed by atoms with Crippen molar-refractivity contribution in [2.24, 2.45) is 7.05 Å². The summed E-state index contributed by atoms with van der Waals surface area (Å²) in [6.45, 7) is 0. The predicted molar refractivity (Wildman–Crippen MR) is 94.6 cm³/mol. The molecule has 0 saturated heterocycles. The molecule has 9 heteroatoms. The molecular formula is C17H14N8O. The molecule has 5 rings (SSSR count). The second-order valence-corrected chi connectivity index (χ2v) is 5.85. The quantitative estimate of drug-likeness (QED) is 0.537. The molecule has 0 spiro atoms. The van der Waals surface area contributed by atoms with Crippen LogP contribution in [0, 0.1) is 0 Å². The number of benzene rings is 1. The van der Waals surface area contributed by atoms with Crippen molar-refractivity contribution in [2.45, 2.75) is 0 Å². The van der Waals surface area contributed by atoms with E-state index in [0.717, 1.165) is 33.7 Å². The predicted octanol–water partition coefficient (Wildman–Crippen LogP) is 2.08. The molecule has 0 aliphatic carbocycles. The molecule has 0 saturated carbocycles. The number of aromatic nitrogens is 8. The van der Waals surface area contributed by atoms with Gasteiger partial charge in [-0.05, 0) is 30.3 Å². The van der Waals surface area contributed by atoms with E-state index in [2.05, 4.69) is 30.4 Å². The van der Waals surface area contributed by atoms with E-state index in [1.807, 2.05) is 37.4 Å². The van der Waals surface area contributed by atoms with Crippen molar-refractivity contribution < 1.29 is 4.74 Å². The van der Waals surface area contributed by atoms with E-state index in [1.165, 1.54) is 0 Å². The molecule has 0 bridgehead atoms. The average Bonchev–Trinajstić information content (AvgIpc) is 3.39. The number of H-pyrrole nitrogens is 1. The first-order valence-corrected chi connectivity index (χ1v) is 7.96. The lowest BCUT2D eigenvalue weighted by Gasteiger charge is -1.99. The molecule has 1 N–H and O–H groups in total. The minimum absolute atomic E-state index is 0.551. The van der Waals surface area contributed by atoms with Crippen molar-refractivity contribution in [1.82, 2.24) is 39.6 Å². The molecule has 5 aromatic rings. The Hall–Kier alpha value is -3.75. The molecule has 0 fully saturated rings. The number of hydrogen-bond acceptors (Lipinski definition) is 6. The number of nitrogens with zero attached hydrogens (tertiary/aromatic N) is 7. The lowest BCUT2D eigenvalue weighted by Crippen LogP contribution is -1.94. The van der Waals surface area contributed by atoms with E-state index in [0.29, 0.717) is 11.5 Å². The zero-order valence-corrected chi connectivity index (χ0v) is 14.1. The van der Waals surface area contributed by atoms with Crippen LogP contribution in [-0.2, 0) is 7.05 Å². The minimum atomic E-state index is 0.551.